The number of fused-ring (bicyclic) bond motifs is 1. The highest BCUT2D eigenvalue weighted by Gasteiger charge is 2.04. The number of aromatic nitrogens is 5. The van der Waals surface area contributed by atoms with Crippen molar-refractivity contribution in [1.82, 2.24) is 25.1 Å². The molecule has 1 aromatic carbocycles. The Morgan fingerprint density at radius 1 is 1.00 bits per heavy atom. The Balaban J connectivity index is 1.33. The van der Waals surface area contributed by atoms with Crippen LogP contribution in [0.2, 0.25) is 0 Å². The molecule has 7 heteroatoms. The molecule has 0 radical (unpaired) electrons. The third-order valence-corrected chi connectivity index (χ3v) is 4.11. The lowest BCUT2D eigenvalue weighted by Crippen LogP contribution is -2.10. The summed E-state index contributed by atoms with van der Waals surface area (Å²) in [6.07, 6.45) is 8.14. The van der Waals surface area contributed by atoms with E-state index in [4.69, 9.17) is 0 Å². The third-order valence-electron chi connectivity index (χ3n) is 4.11. The molecule has 3 heterocycles. The summed E-state index contributed by atoms with van der Waals surface area (Å²) in [4.78, 5) is 11.8. The van der Waals surface area contributed by atoms with Crippen LogP contribution in [0.1, 0.15) is 11.1 Å². The molecule has 0 bridgehead atoms. The van der Waals surface area contributed by atoms with Crippen molar-refractivity contribution in [2.75, 3.05) is 17.2 Å². The van der Waals surface area contributed by atoms with Crippen molar-refractivity contribution in [3.05, 3.63) is 72.3 Å². The van der Waals surface area contributed by atoms with E-state index < -0.39 is 0 Å². The number of hydrogen-bond donors (Lipinski definition) is 3. The number of aromatic amines is 1. The van der Waals surface area contributed by atoms with Gasteiger partial charge in [0.1, 0.15) is 0 Å². The molecule has 0 spiro atoms. The van der Waals surface area contributed by atoms with Crippen molar-refractivity contribution in [3.8, 4) is 0 Å². The van der Waals surface area contributed by atoms with Crippen LogP contribution in [0.3, 0.4) is 0 Å². The summed E-state index contributed by atoms with van der Waals surface area (Å²) < 4.78 is 0. The smallest absolute Gasteiger partial charge is 0.244 e. The molecule has 130 valence electrons. The van der Waals surface area contributed by atoms with Crippen LogP contribution in [0.25, 0.3) is 10.9 Å². The van der Waals surface area contributed by atoms with Gasteiger partial charge in [-0.05, 0) is 29.7 Å². The molecule has 0 aliphatic heterocycles. The van der Waals surface area contributed by atoms with Crippen molar-refractivity contribution in [1.29, 1.82) is 0 Å². The van der Waals surface area contributed by atoms with Crippen LogP contribution < -0.4 is 10.6 Å². The van der Waals surface area contributed by atoms with Gasteiger partial charge in [0.25, 0.3) is 0 Å². The van der Waals surface area contributed by atoms with E-state index in [1.165, 1.54) is 10.9 Å². The minimum atomic E-state index is 0.492. The molecule has 3 N–H and O–H groups in total. The standard InChI is InChI=1S/C19H19N7/c1-2-6-17-16(5-1)15(12-22-17)7-9-21-18-13-24-26-19(25-18)23-11-14-4-3-8-20-10-14/h1-6,8,10,12-13,22H,7,9,11H2,(H2,21,23,25,26). The van der Waals surface area contributed by atoms with Gasteiger partial charge in [-0.1, -0.05) is 24.3 Å². The monoisotopic (exact) mass is 345 g/mol. The molecule has 0 fully saturated rings. The summed E-state index contributed by atoms with van der Waals surface area (Å²) in [6, 6.07) is 12.2. The van der Waals surface area contributed by atoms with Crippen LogP contribution in [0.15, 0.2) is 61.2 Å². The van der Waals surface area contributed by atoms with Gasteiger partial charge in [0.05, 0.1) is 6.20 Å². The van der Waals surface area contributed by atoms with E-state index in [0.717, 1.165) is 24.0 Å². The van der Waals surface area contributed by atoms with E-state index in [1.807, 2.05) is 24.4 Å². The van der Waals surface area contributed by atoms with Gasteiger partial charge in [-0.25, -0.2) is 0 Å². The normalized spacial score (nSPS) is 10.8. The van der Waals surface area contributed by atoms with E-state index >= 15 is 0 Å². The Labute approximate surface area is 150 Å². The molecule has 0 aliphatic rings. The predicted molar refractivity (Wildman–Crippen MR) is 102 cm³/mol. The van der Waals surface area contributed by atoms with Crippen LogP contribution in [-0.4, -0.2) is 31.7 Å². The van der Waals surface area contributed by atoms with Crippen LogP contribution in [0.5, 0.6) is 0 Å². The summed E-state index contributed by atoms with van der Waals surface area (Å²) in [5, 5.41) is 15.7. The molecule has 4 rings (SSSR count). The van der Waals surface area contributed by atoms with Crippen molar-refractivity contribution < 1.29 is 0 Å². The number of H-pyrrole nitrogens is 1. The fourth-order valence-electron chi connectivity index (χ4n) is 2.81. The second-order valence-corrected chi connectivity index (χ2v) is 5.92. The Hall–Kier alpha value is -3.48. The zero-order valence-electron chi connectivity index (χ0n) is 14.2. The summed E-state index contributed by atoms with van der Waals surface area (Å²) in [7, 11) is 0. The lowest BCUT2D eigenvalue weighted by atomic mass is 10.1. The van der Waals surface area contributed by atoms with E-state index in [-0.39, 0.29) is 0 Å². The van der Waals surface area contributed by atoms with Crippen molar-refractivity contribution in [2.24, 2.45) is 0 Å². The fraction of sp³-hybridized carbons (Fsp3) is 0.158. The Kier molecular flexibility index (Phi) is 4.68. The Morgan fingerprint density at radius 2 is 1.96 bits per heavy atom. The Morgan fingerprint density at radius 3 is 2.88 bits per heavy atom. The minimum Gasteiger partial charge on any atom is -0.368 e. The number of rotatable bonds is 7. The predicted octanol–water partition coefficient (Wildman–Crippen LogP) is 3.01. The van der Waals surface area contributed by atoms with Crippen LogP contribution in [-0.2, 0) is 13.0 Å². The van der Waals surface area contributed by atoms with Crippen molar-refractivity contribution >= 4 is 22.7 Å². The van der Waals surface area contributed by atoms with E-state index in [1.54, 1.807) is 12.4 Å². The van der Waals surface area contributed by atoms with Gasteiger partial charge in [0.2, 0.25) is 5.95 Å². The van der Waals surface area contributed by atoms with Gasteiger partial charge in [0, 0.05) is 42.6 Å². The highest BCUT2D eigenvalue weighted by Crippen LogP contribution is 2.18. The SMILES string of the molecule is c1cncc(CNc2nncc(NCCc3c[nH]c4ccccc34)n2)c1. The molecule has 7 nitrogen and oxygen atoms in total. The quantitative estimate of drug-likeness (QED) is 0.477. The number of nitrogens with zero attached hydrogens (tertiary/aromatic N) is 4. The second-order valence-electron chi connectivity index (χ2n) is 5.92. The Bertz CT molecular complexity index is 981. The lowest BCUT2D eigenvalue weighted by molar-refractivity contribution is 0.928. The van der Waals surface area contributed by atoms with Crippen LogP contribution >= 0.6 is 0 Å². The van der Waals surface area contributed by atoms with Gasteiger partial charge in [0.15, 0.2) is 5.82 Å². The molecule has 0 aliphatic carbocycles. The van der Waals surface area contributed by atoms with Crippen LogP contribution in [0, 0.1) is 0 Å². The molecule has 0 amide bonds. The highest BCUT2D eigenvalue weighted by molar-refractivity contribution is 5.83. The van der Waals surface area contributed by atoms with Crippen molar-refractivity contribution in [3.63, 3.8) is 0 Å². The van der Waals surface area contributed by atoms with Gasteiger partial charge < -0.3 is 15.6 Å². The number of hydrogen-bond acceptors (Lipinski definition) is 6. The van der Waals surface area contributed by atoms with Gasteiger partial charge >= 0.3 is 0 Å². The number of benzene rings is 1. The number of anilines is 2. The summed E-state index contributed by atoms with van der Waals surface area (Å²) in [5.41, 5.74) is 3.51. The first-order valence-corrected chi connectivity index (χ1v) is 8.50. The first-order valence-electron chi connectivity index (χ1n) is 8.50. The maximum atomic E-state index is 4.44. The highest BCUT2D eigenvalue weighted by atomic mass is 15.3. The molecule has 4 aromatic rings. The largest absolute Gasteiger partial charge is 0.368 e. The topological polar surface area (TPSA) is 91.4 Å². The first kappa shape index (κ1) is 16.0. The molecule has 26 heavy (non-hydrogen) atoms. The van der Waals surface area contributed by atoms with Gasteiger partial charge in [-0.3, -0.25) is 4.98 Å². The van der Waals surface area contributed by atoms with Gasteiger partial charge in [-0.2, -0.15) is 10.1 Å². The zero-order chi connectivity index (χ0) is 17.6. The molecule has 0 atom stereocenters. The van der Waals surface area contributed by atoms with E-state index in [2.05, 4.69) is 60.2 Å². The van der Waals surface area contributed by atoms with E-state index in [0.29, 0.717) is 18.3 Å². The molecule has 0 saturated carbocycles. The summed E-state index contributed by atoms with van der Waals surface area (Å²) in [6.45, 7) is 1.37. The average molecular weight is 345 g/mol. The number of nitrogens with one attached hydrogen (secondary N) is 3. The first-order chi connectivity index (χ1) is 12.9. The maximum Gasteiger partial charge on any atom is 0.244 e. The third kappa shape index (κ3) is 3.77. The molecule has 0 saturated heterocycles. The summed E-state index contributed by atoms with van der Waals surface area (Å²) in [5.74, 6) is 1.19. The maximum absolute atomic E-state index is 4.44. The number of para-hydroxylation sites is 1. The molecule has 0 unspecified atom stereocenters. The van der Waals surface area contributed by atoms with Crippen LogP contribution in [0.4, 0.5) is 11.8 Å². The average Bonchev–Trinajstić information content (AvgIpc) is 3.11. The lowest BCUT2D eigenvalue weighted by Gasteiger charge is -2.07. The molecular weight excluding hydrogens is 326 g/mol. The molecule has 3 aromatic heterocycles. The minimum absolute atomic E-state index is 0.492. The fourth-order valence-corrected chi connectivity index (χ4v) is 2.81. The van der Waals surface area contributed by atoms with E-state index in [9.17, 15) is 0 Å². The summed E-state index contributed by atoms with van der Waals surface area (Å²) >= 11 is 0. The second kappa shape index (κ2) is 7.60. The van der Waals surface area contributed by atoms with Crippen molar-refractivity contribution in [2.45, 2.75) is 13.0 Å². The zero-order valence-corrected chi connectivity index (χ0v) is 14.2. The molecular formula is C19H19N7. The number of pyridine rings is 1. The van der Waals surface area contributed by atoms with Gasteiger partial charge in [-0.15, -0.1) is 5.10 Å².